The number of nitrogens with one attached hydrogen (secondary N) is 1. The van der Waals surface area contributed by atoms with Gasteiger partial charge in [-0.25, -0.2) is 4.39 Å². The molecule has 0 atom stereocenters. The molecule has 0 spiro atoms. The zero-order valence-electron chi connectivity index (χ0n) is 10.7. The molecule has 0 aliphatic carbocycles. The second kappa shape index (κ2) is 5.51. The van der Waals surface area contributed by atoms with Gasteiger partial charge in [0, 0.05) is 19.3 Å². The molecular weight excluding hydrogens is 249 g/mol. The first-order chi connectivity index (χ1) is 9.08. The lowest BCUT2D eigenvalue weighted by molar-refractivity contribution is -0.115. The van der Waals surface area contributed by atoms with E-state index in [4.69, 9.17) is 4.74 Å². The molecule has 5 nitrogen and oxygen atoms in total. The van der Waals surface area contributed by atoms with E-state index >= 15 is 0 Å². The van der Waals surface area contributed by atoms with Crippen molar-refractivity contribution in [1.82, 2.24) is 9.78 Å². The van der Waals surface area contributed by atoms with Crippen LogP contribution in [0.25, 0.3) is 0 Å². The van der Waals surface area contributed by atoms with Gasteiger partial charge in [-0.1, -0.05) is 6.07 Å². The Kier molecular flexibility index (Phi) is 3.79. The minimum atomic E-state index is -0.481. The van der Waals surface area contributed by atoms with E-state index in [1.165, 1.54) is 19.2 Å². The number of benzene rings is 1. The van der Waals surface area contributed by atoms with Crippen molar-refractivity contribution in [2.24, 2.45) is 7.05 Å². The maximum atomic E-state index is 13.5. The van der Waals surface area contributed by atoms with Crippen molar-refractivity contribution in [3.63, 3.8) is 0 Å². The van der Waals surface area contributed by atoms with E-state index in [0.717, 1.165) is 0 Å². The highest BCUT2D eigenvalue weighted by molar-refractivity contribution is 5.91. The summed E-state index contributed by atoms with van der Waals surface area (Å²) in [5.41, 5.74) is 0.576. The Bertz CT molecular complexity index is 595. The van der Waals surface area contributed by atoms with Gasteiger partial charge in [-0.15, -0.1) is 0 Å². The highest BCUT2D eigenvalue weighted by Crippen LogP contribution is 2.18. The monoisotopic (exact) mass is 263 g/mol. The van der Waals surface area contributed by atoms with Gasteiger partial charge in [0.1, 0.15) is 0 Å². The molecule has 1 heterocycles. The Hall–Kier alpha value is -2.37. The van der Waals surface area contributed by atoms with Crippen molar-refractivity contribution in [2.45, 2.75) is 6.42 Å². The molecule has 0 saturated heterocycles. The van der Waals surface area contributed by atoms with Gasteiger partial charge < -0.3 is 10.1 Å². The first-order valence-electron chi connectivity index (χ1n) is 5.70. The molecule has 0 aliphatic heterocycles. The van der Waals surface area contributed by atoms with Crippen LogP contribution in [0.1, 0.15) is 5.56 Å². The van der Waals surface area contributed by atoms with E-state index in [0.29, 0.717) is 11.4 Å². The van der Waals surface area contributed by atoms with Crippen molar-refractivity contribution in [1.29, 1.82) is 0 Å². The van der Waals surface area contributed by atoms with Crippen LogP contribution in [0.5, 0.6) is 5.75 Å². The maximum absolute atomic E-state index is 13.5. The Morgan fingerprint density at radius 2 is 2.26 bits per heavy atom. The number of carbonyl (C=O) groups is 1. The normalized spacial score (nSPS) is 10.3. The van der Waals surface area contributed by atoms with Crippen molar-refractivity contribution >= 4 is 11.7 Å². The van der Waals surface area contributed by atoms with Gasteiger partial charge in [0.15, 0.2) is 17.4 Å². The van der Waals surface area contributed by atoms with Gasteiger partial charge in [-0.3, -0.25) is 9.48 Å². The minimum Gasteiger partial charge on any atom is -0.494 e. The zero-order valence-corrected chi connectivity index (χ0v) is 10.7. The molecule has 0 fully saturated rings. The Morgan fingerprint density at radius 3 is 2.84 bits per heavy atom. The molecular formula is C13H14FN3O2. The molecule has 2 rings (SSSR count). The minimum absolute atomic E-state index is 0.0808. The van der Waals surface area contributed by atoms with Crippen LogP contribution in [0.3, 0.4) is 0 Å². The van der Waals surface area contributed by atoms with Crippen molar-refractivity contribution in [2.75, 3.05) is 12.4 Å². The van der Waals surface area contributed by atoms with E-state index in [9.17, 15) is 9.18 Å². The van der Waals surface area contributed by atoms with Gasteiger partial charge in [0.05, 0.1) is 13.5 Å². The topological polar surface area (TPSA) is 56.1 Å². The van der Waals surface area contributed by atoms with Gasteiger partial charge in [-0.2, -0.15) is 5.10 Å². The van der Waals surface area contributed by atoms with Crippen LogP contribution >= 0.6 is 0 Å². The number of methoxy groups -OCH3 is 1. The molecule has 2 aromatic rings. The van der Waals surface area contributed by atoms with Crippen molar-refractivity contribution in [3.05, 3.63) is 41.8 Å². The number of aryl methyl sites for hydroxylation is 1. The number of anilines is 1. The number of nitrogens with zero attached hydrogens (tertiary/aromatic N) is 2. The lowest BCUT2D eigenvalue weighted by atomic mass is 10.1. The second-order valence-electron chi connectivity index (χ2n) is 4.07. The number of hydrogen-bond donors (Lipinski definition) is 1. The quantitative estimate of drug-likeness (QED) is 0.914. The van der Waals surface area contributed by atoms with E-state index < -0.39 is 5.82 Å². The predicted octanol–water partition coefficient (Wildman–Crippen LogP) is 1.75. The summed E-state index contributed by atoms with van der Waals surface area (Å²) >= 11 is 0. The van der Waals surface area contributed by atoms with Crippen LogP contribution in [-0.2, 0) is 18.3 Å². The standard InChI is InChI=1S/C13H14FN3O2/c1-17-6-5-12(16-17)15-13(18)8-9-3-4-11(19-2)10(14)7-9/h3-7H,8H2,1-2H3,(H,15,16,18). The number of carbonyl (C=O) groups excluding carboxylic acids is 1. The van der Waals surface area contributed by atoms with Crippen LogP contribution < -0.4 is 10.1 Å². The molecule has 1 amide bonds. The van der Waals surface area contributed by atoms with Crippen LogP contribution in [0, 0.1) is 5.82 Å². The summed E-state index contributed by atoms with van der Waals surface area (Å²) in [5, 5.41) is 6.66. The molecule has 6 heteroatoms. The Balaban J connectivity index is 2.00. The Morgan fingerprint density at radius 1 is 1.47 bits per heavy atom. The third-order valence-electron chi connectivity index (χ3n) is 2.56. The molecule has 0 bridgehead atoms. The van der Waals surface area contributed by atoms with Crippen LogP contribution in [0.4, 0.5) is 10.2 Å². The first-order valence-corrected chi connectivity index (χ1v) is 5.70. The van der Waals surface area contributed by atoms with E-state index in [2.05, 4.69) is 10.4 Å². The van der Waals surface area contributed by atoms with E-state index in [1.807, 2.05) is 0 Å². The lowest BCUT2D eigenvalue weighted by Crippen LogP contribution is -2.15. The summed E-state index contributed by atoms with van der Waals surface area (Å²) < 4.78 is 19.9. The van der Waals surface area contributed by atoms with E-state index in [1.54, 1.807) is 30.1 Å². The fourth-order valence-electron chi connectivity index (χ4n) is 1.67. The van der Waals surface area contributed by atoms with E-state index in [-0.39, 0.29) is 18.1 Å². The molecule has 1 aromatic heterocycles. The Labute approximate surface area is 110 Å². The van der Waals surface area contributed by atoms with Crippen LogP contribution in [0.15, 0.2) is 30.5 Å². The van der Waals surface area contributed by atoms with Gasteiger partial charge in [-0.05, 0) is 17.7 Å². The number of halogens is 1. The average Bonchev–Trinajstić information content (AvgIpc) is 2.74. The molecule has 1 N–H and O–H groups in total. The van der Waals surface area contributed by atoms with Gasteiger partial charge in [0.25, 0.3) is 0 Å². The molecule has 0 radical (unpaired) electrons. The largest absolute Gasteiger partial charge is 0.494 e. The maximum Gasteiger partial charge on any atom is 0.229 e. The molecule has 0 unspecified atom stereocenters. The molecule has 1 aromatic carbocycles. The summed E-state index contributed by atoms with van der Waals surface area (Å²) in [4.78, 5) is 11.7. The number of aromatic nitrogens is 2. The fourth-order valence-corrected chi connectivity index (χ4v) is 1.67. The molecule has 100 valence electrons. The number of rotatable bonds is 4. The third kappa shape index (κ3) is 3.31. The average molecular weight is 263 g/mol. The third-order valence-corrected chi connectivity index (χ3v) is 2.56. The van der Waals surface area contributed by atoms with Crippen molar-refractivity contribution in [3.8, 4) is 5.75 Å². The molecule has 0 aliphatic rings. The summed E-state index contributed by atoms with van der Waals surface area (Å²) in [5.74, 6) is -0.0933. The second-order valence-corrected chi connectivity index (χ2v) is 4.07. The summed E-state index contributed by atoms with van der Waals surface area (Å²) in [6.45, 7) is 0. The number of amides is 1. The molecule has 19 heavy (non-hydrogen) atoms. The van der Waals surface area contributed by atoms with Gasteiger partial charge in [0.2, 0.25) is 5.91 Å². The summed E-state index contributed by atoms with van der Waals surface area (Å²) in [7, 11) is 3.15. The molecule has 0 saturated carbocycles. The number of ether oxygens (including phenoxy) is 1. The predicted molar refractivity (Wildman–Crippen MR) is 68.5 cm³/mol. The zero-order chi connectivity index (χ0) is 13.8. The fraction of sp³-hybridized carbons (Fsp3) is 0.231. The van der Waals surface area contributed by atoms with Gasteiger partial charge >= 0.3 is 0 Å². The highest BCUT2D eigenvalue weighted by Gasteiger charge is 2.09. The van der Waals surface area contributed by atoms with Crippen LogP contribution in [0.2, 0.25) is 0 Å². The number of hydrogen-bond acceptors (Lipinski definition) is 3. The highest BCUT2D eigenvalue weighted by atomic mass is 19.1. The lowest BCUT2D eigenvalue weighted by Gasteiger charge is -2.05. The summed E-state index contributed by atoms with van der Waals surface area (Å²) in [6.07, 6.45) is 1.81. The first kappa shape index (κ1) is 13.1. The SMILES string of the molecule is COc1ccc(CC(=O)Nc2ccn(C)n2)cc1F. The smallest absolute Gasteiger partial charge is 0.229 e. The summed E-state index contributed by atoms with van der Waals surface area (Å²) in [6, 6.07) is 6.13. The van der Waals surface area contributed by atoms with Crippen LogP contribution in [-0.4, -0.2) is 22.8 Å². The van der Waals surface area contributed by atoms with Crippen molar-refractivity contribution < 1.29 is 13.9 Å².